The number of nitrogen functional groups attached to an aromatic ring is 1. The van der Waals surface area contributed by atoms with Gasteiger partial charge in [-0.3, -0.25) is 4.79 Å². The fourth-order valence-corrected chi connectivity index (χ4v) is 1.65. The first kappa shape index (κ1) is 13.8. The zero-order valence-electron chi connectivity index (χ0n) is 10.6. The Morgan fingerprint density at radius 3 is 2.40 bits per heavy atom. The minimum absolute atomic E-state index is 0.177. The molecule has 0 aliphatic rings. The predicted octanol–water partition coefficient (Wildman–Crippen LogP) is 2.81. The third-order valence-corrected chi connectivity index (χ3v) is 2.68. The average Bonchev–Trinajstić information content (AvgIpc) is 2.42. The van der Waals surface area contributed by atoms with E-state index in [4.69, 9.17) is 10.5 Å². The van der Waals surface area contributed by atoms with Gasteiger partial charge in [-0.1, -0.05) is 0 Å². The highest BCUT2D eigenvalue weighted by atomic mass is 19.1. The Bertz CT molecular complexity index is 619. The van der Waals surface area contributed by atoms with Crippen molar-refractivity contribution in [2.45, 2.75) is 0 Å². The molecule has 0 radical (unpaired) electrons. The van der Waals surface area contributed by atoms with E-state index >= 15 is 0 Å². The Labute approximate surface area is 114 Å². The Morgan fingerprint density at radius 1 is 1.20 bits per heavy atom. The minimum Gasteiger partial charge on any atom is -0.497 e. The number of anilines is 2. The summed E-state index contributed by atoms with van der Waals surface area (Å²) in [6.45, 7) is 0. The molecular weight excluding hydrogens is 266 g/mol. The van der Waals surface area contributed by atoms with Crippen molar-refractivity contribution in [1.29, 1.82) is 0 Å². The van der Waals surface area contributed by atoms with Crippen molar-refractivity contribution in [3.63, 3.8) is 0 Å². The van der Waals surface area contributed by atoms with Crippen LogP contribution in [0.15, 0.2) is 36.4 Å². The molecule has 20 heavy (non-hydrogen) atoms. The molecule has 4 nitrogen and oxygen atoms in total. The summed E-state index contributed by atoms with van der Waals surface area (Å²) in [7, 11) is 1.50. The Morgan fingerprint density at radius 2 is 1.85 bits per heavy atom. The summed E-state index contributed by atoms with van der Waals surface area (Å²) < 4.78 is 31.4. The van der Waals surface area contributed by atoms with Crippen molar-refractivity contribution in [3.8, 4) is 5.75 Å². The number of methoxy groups -OCH3 is 1. The number of carbonyl (C=O) groups is 1. The number of nitrogens with one attached hydrogen (secondary N) is 1. The predicted molar refractivity (Wildman–Crippen MR) is 71.7 cm³/mol. The SMILES string of the molecule is COc1ccc(C(=O)Nc2c(N)cc(F)cc2F)cc1. The molecule has 0 heterocycles. The second-order valence-electron chi connectivity index (χ2n) is 4.03. The van der Waals surface area contributed by atoms with Gasteiger partial charge in [-0.2, -0.15) is 0 Å². The highest BCUT2D eigenvalue weighted by Crippen LogP contribution is 2.24. The third kappa shape index (κ3) is 2.85. The molecule has 0 spiro atoms. The van der Waals surface area contributed by atoms with Gasteiger partial charge in [0.25, 0.3) is 5.91 Å². The number of benzene rings is 2. The molecule has 0 saturated heterocycles. The van der Waals surface area contributed by atoms with E-state index in [1.165, 1.54) is 19.2 Å². The van der Waals surface area contributed by atoms with E-state index in [1.54, 1.807) is 12.1 Å². The topological polar surface area (TPSA) is 64.3 Å². The van der Waals surface area contributed by atoms with E-state index in [2.05, 4.69) is 5.32 Å². The van der Waals surface area contributed by atoms with Crippen LogP contribution in [0.3, 0.4) is 0 Å². The normalized spacial score (nSPS) is 10.2. The number of halogens is 2. The van der Waals surface area contributed by atoms with Crippen molar-refractivity contribution < 1.29 is 18.3 Å². The molecule has 0 aliphatic heterocycles. The van der Waals surface area contributed by atoms with Crippen LogP contribution < -0.4 is 15.8 Å². The van der Waals surface area contributed by atoms with E-state index in [0.29, 0.717) is 17.4 Å². The number of amides is 1. The van der Waals surface area contributed by atoms with Crippen molar-refractivity contribution in [1.82, 2.24) is 0 Å². The van der Waals surface area contributed by atoms with Gasteiger partial charge in [0, 0.05) is 11.6 Å². The number of carbonyl (C=O) groups excluding carboxylic acids is 1. The quantitative estimate of drug-likeness (QED) is 0.848. The summed E-state index contributed by atoms with van der Waals surface area (Å²) in [5, 5.41) is 2.31. The number of rotatable bonds is 3. The second-order valence-corrected chi connectivity index (χ2v) is 4.03. The van der Waals surface area contributed by atoms with Crippen LogP contribution in [0.1, 0.15) is 10.4 Å². The first-order chi connectivity index (χ1) is 9.51. The van der Waals surface area contributed by atoms with Gasteiger partial charge in [-0.05, 0) is 30.3 Å². The Kier molecular flexibility index (Phi) is 3.84. The number of hydrogen-bond acceptors (Lipinski definition) is 3. The smallest absolute Gasteiger partial charge is 0.255 e. The monoisotopic (exact) mass is 278 g/mol. The summed E-state index contributed by atoms with van der Waals surface area (Å²) in [6, 6.07) is 7.82. The number of ether oxygens (including phenoxy) is 1. The molecule has 0 atom stereocenters. The van der Waals surface area contributed by atoms with Gasteiger partial charge in [-0.25, -0.2) is 8.78 Å². The highest BCUT2D eigenvalue weighted by molar-refractivity contribution is 6.05. The number of nitrogens with two attached hydrogens (primary N) is 1. The van der Waals surface area contributed by atoms with Crippen LogP contribution in [0.5, 0.6) is 5.75 Å². The second kappa shape index (κ2) is 5.56. The van der Waals surface area contributed by atoms with E-state index in [1.807, 2.05) is 0 Å². The molecule has 2 rings (SSSR count). The van der Waals surface area contributed by atoms with Gasteiger partial charge in [0.2, 0.25) is 0 Å². The summed E-state index contributed by atoms with van der Waals surface area (Å²) in [6.07, 6.45) is 0. The van der Waals surface area contributed by atoms with Crippen LogP contribution in [0, 0.1) is 11.6 Å². The van der Waals surface area contributed by atoms with Gasteiger partial charge >= 0.3 is 0 Å². The summed E-state index contributed by atoms with van der Waals surface area (Å²) in [4.78, 5) is 11.9. The minimum atomic E-state index is -0.927. The molecule has 0 aromatic heterocycles. The number of hydrogen-bond donors (Lipinski definition) is 2. The lowest BCUT2D eigenvalue weighted by molar-refractivity contribution is 0.102. The van der Waals surface area contributed by atoms with E-state index in [-0.39, 0.29) is 11.4 Å². The van der Waals surface area contributed by atoms with Gasteiger partial charge in [-0.15, -0.1) is 0 Å². The van der Waals surface area contributed by atoms with Crippen LogP contribution in [0.25, 0.3) is 0 Å². The zero-order valence-corrected chi connectivity index (χ0v) is 10.6. The van der Waals surface area contributed by atoms with Crippen LogP contribution >= 0.6 is 0 Å². The summed E-state index contributed by atoms with van der Waals surface area (Å²) in [5.74, 6) is -1.69. The van der Waals surface area contributed by atoms with Crippen LogP contribution in [-0.2, 0) is 0 Å². The van der Waals surface area contributed by atoms with E-state index < -0.39 is 17.5 Å². The fourth-order valence-electron chi connectivity index (χ4n) is 1.65. The Balaban J connectivity index is 2.23. The molecule has 0 fully saturated rings. The molecular formula is C14H12F2N2O2. The lowest BCUT2D eigenvalue weighted by Crippen LogP contribution is -2.14. The lowest BCUT2D eigenvalue weighted by Gasteiger charge is -2.10. The Hall–Kier alpha value is -2.63. The van der Waals surface area contributed by atoms with Gasteiger partial charge in [0.15, 0.2) is 5.82 Å². The van der Waals surface area contributed by atoms with Crippen molar-refractivity contribution in [2.24, 2.45) is 0 Å². The van der Waals surface area contributed by atoms with Crippen LogP contribution in [0.4, 0.5) is 20.2 Å². The maximum atomic E-state index is 13.6. The maximum Gasteiger partial charge on any atom is 0.255 e. The van der Waals surface area contributed by atoms with Gasteiger partial charge < -0.3 is 15.8 Å². The maximum absolute atomic E-state index is 13.6. The molecule has 2 aromatic rings. The molecule has 1 amide bonds. The zero-order chi connectivity index (χ0) is 14.7. The van der Waals surface area contributed by atoms with Crippen molar-refractivity contribution in [3.05, 3.63) is 53.6 Å². The molecule has 0 aliphatic carbocycles. The first-order valence-corrected chi connectivity index (χ1v) is 5.71. The third-order valence-electron chi connectivity index (χ3n) is 2.68. The molecule has 3 N–H and O–H groups in total. The summed E-state index contributed by atoms with van der Waals surface area (Å²) in [5.41, 5.74) is 5.36. The van der Waals surface area contributed by atoms with E-state index in [0.717, 1.165) is 6.07 Å². The lowest BCUT2D eigenvalue weighted by atomic mass is 10.2. The fraction of sp³-hybridized carbons (Fsp3) is 0.0714. The molecule has 2 aromatic carbocycles. The van der Waals surface area contributed by atoms with E-state index in [9.17, 15) is 13.6 Å². The molecule has 0 bridgehead atoms. The average molecular weight is 278 g/mol. The molecule has 6 heteroatoms. The molecule has 104 valence electrons. The largest absolute Gasteiger partial charge is 0.497 e. The molecule has 0 saturated carbocycles. The summed E-state index contributed by atoms with van der Waals surface area (Å²) >= 11 is 0. The van der Waals surface area contributed by atoms with Gasteiger partial charge in [0.05, 0.1) is 12.8 Å². The molecule has 0 unspecified atom stereocenters. The van der Waals surface area contributed by atoms with Crippen molar-refractivity contribution >= 4 is 17.3 Å². The first-order valence-electron chi connectivity index (χ1n) is 5.71. The van der Waals surface area contributed by atoms with Crippen LogP contribution in [-0.4, -0.2) is 13.0 Å². The highest BCUT2D eigenvalue weighted by Gasteiger charge is 2.13. The van der Waals surface area contributed by atoms with Gasteiger partial charge in [0.1, 0.15) is 17.3 Å². The van der Waals surface area contributed by atoms with Crippen LogP contribution in [0.2, 0.25) is 0 Å². The van der Waals surface area contributed by atoms with Crippen molar-refractivity contribution in [2.75, 3.05) is 18.2 Å². The standard InChI is InChI=1S/C14H12F2N2O2/c1-20-10-4-2-8(3-5-10)14(19)18-13-11(16)6-9(15)7-12(13)17/h2-7H,17H2,1H3,(H,18,19).